The number of methoxy groups -OCH3 is 1. The monoisotopic (exact) mass is 321 g/mol. The van der Waals surface area contributed by atoms with Gasteiger partial charge < -0.3 is 10.5 Å². The molecule has 0 aliphatic carbocycles. The summed E-state index contributed by atoms with van der Waals surface area (Å²) in [6.45, 7) is 2.11. The number of hydrogen-bond donors (Lipinski definition) is 1. The smallest absolute Gasteiger partial charge is 0.118 e. The first-order valence-electron chi connectivity index (χ1n) is 6.95. The van der Waals surface area contributed by atoms with Crippen molar-refractivity contribution in [3.05, 3.63) is 59.1 Å². The largest absolute Gasteiger partial charge is 0.497 e. The molecule has 112 valence electrons. The summed E-state index contributed by atoms with van der Waals surface area (Å²) in [5.41, 5.74) is 7.52. The van der Waals surface area contributed by atoms with Crippen molar-refractivity contribution in [3.8, 4) is 5.75 Å². The van der Waals surface area contributed by atoms with Crippen LogP contribution in [0.2, 0.25) is 5.02 Å². The van der Waals surface area contributed by atoms with Gasteiger partial charge in [0.25, 0.3) is 0 Å². The van der Waals surface area contributed by atoms with Crippen LogP contribution in [0.1, 0.15) is 24.2 Å². The lowest BCUT2D eigenvalue weighted by Gasteiger charge is -2.23. The van der Waals surface area contributed by atoms with Crippen LogP contribution in [-0.2, 0) is 0 Å². The number of thioether (sulfide) groups is 1. The van der Waals surface area contributed by atoms with E-state index in [0.717, 1.165) is 17.2 Å². The number of ether oxygens (including phenoxy) is 1. The summed E-state index contributed by atoms with van der Waals surface area (Å²) in [5.74, 6) is 0.863. The Balaban J connectivity index is 2.21. The van der Waals surface area contributed by atoms with Crippen LogP contribution in [0.3, 0.4) is 0 Å². The molecule has 0 aliphatic heterocycles. The number of rotatable bonds is 6. The second-order valence-corrected chi connectivity index (χ2v) is 6.49. The molecule has 0 fully saturated rings. The van der Waals surface area contributed by atoms with Crippen LogP contribution in [0.25, 0.3) is 0 Å². The van der Waals surface area contributed by atoms with Gasteiger partial charge >= 0.3 is 0 Å². The first-order chi connectivity index (χ1) is 10.1. The molecule has 0 radical (unpaired) electrons. The van der Waals surface area contributed by atoms with Gasteiger partial charge in [-0.2, -0.15) is 0 Å². The second-order valence-electron chi connectivity index (χ2n) is 4.84. The Labute approximate surface area is 135 Å². The van der Waals surface area contributed by atoms with Gasteiger partial charge in [-0.1, -0.05) is 30.7 Å². The zero-order chi connectivity index (χ0) is 15.2. The fourth-order valence-electron chi connectivity index (χ4n) is 2.07. The van der Waals surface area contributed by atoms with Gasteiger partial charge in [0.2, 0.25) is 0 Å². The average molecular weight is 322 g/mol. The van der Waals surface area contributed by atoms with E-state index in [1.807, 2.05) is 24.3 Å². The van der Waals surface area contributed by atoms with E-state index >= 15 is 0 Å². The Hall–Kier alpha value is -1.16. The minimum absolute atomic E-state index is 0.0956. The normalized spacial score (nSPS) is 13.7. The van der Waals surface area contributed by atoms with Crippen molar-refractivity contribution in [1.29, 1.82) is 0 Å². The highest BCUT2D eigenvalue weighted by Crippen LogP contribution is 2.38. The van der Waals surface area contributed by atoms with Crippen LogP contribution >= 0.6 is 23.4 Å². The predicted molar refractivity (Wildman–Crippen MR) is 91.3 cm³/mol. The topological polar surface area (TPSA) is 35.2 Å². The standard InChI is InChI=1S/C17H20ClNOS/c1-3-16(19)17(12-4-6-13(18)7-5-12)21-15-10-8-14(20-2)9-11-15/h4-11,16-17H,3,19H2,1-2H3. The lowest BCUT2D eigenvalue weighted by atomic mass is 10.0. The molecule has 0 bridgehead atoms. The molecule has 2 aromatic rings. The van der Waals surface area contributed by atoms with Crippen molar-refractivity contribution in [2.75, 3.05) is 7.11 Å². The molecule has 2 rings (SSSR count). The molecule has 4 heteroatoms. The van der Waals surface area contributed by atoms with Crippen LogP contribution in [-0.4, -0.2) is 13.2 Å². The van der Waals surface area contributed by atoms with Gasteiger partial charge in [0.15, 0.2) is 0 Å². The first-order valence-corrected chi connectivity index (χ1v) is 8.21. The van der Waals surface area contributed by atoms with E-state index in [1.165, 1.54) is 10.5 Å². The Morgan fingerprint density at radius 1 is 1.10 bits per heavy atom. The van der Waals surface area contributed by atoms with Gasteiger partial charge in [0.1, 0.15) is 5.75 Å². The Morgan fingerprint density at radius 3 is 2.24 bits per heavy atom. The van der Waals surface area contributed by atoms with Crippen molar-refractivity contribution >= 4 is 23.4 Å². The lowest BCUT2D eigenvalue weighted by molar-refractivity contribution is 0.414. The molecule has 0 aromatic heterocycles. The average Bonchev–Trinajstić information content (AvgIpc) is 2.53. The van der Waals surface area contributed by atoms with E-state index in [-0.39, 0.29) is 11.3 Å². The van der Waals surface area contributed by atoms with Gasteiger partial charge in [-0.25, -0.2) is 0 Å². The summed E-state index contributed by atoms with van der Waals surface area (Å²) in [5, 5.41) is 0.956. The maximum absolute atomic E-state index is 6.31. The van der Waals surface area contributed by atoms with Crippen molar-refractivity contribution in [2.45, 2.75) is 29.5 Å². The van der Waals surface area contributed by atoms with E-state index in [0.29, 0.717) is 0 Å². The van der Waals surface area contributed by atoms with Gasteiger partial charge in [-0.3, -0.25) is 0 Å². The van der Waals surface area contributed by atoms with Crippen LogP contribution in [0.5, 0.6) is 5.75 Å². The molecule has 2 aromatic carbocycles. The minimum Gasteiger partial charge on any atom is -0.497 e. The molecular formula is C17H20ClNOS. The summed E-state index contributed by atoms with van der Waals surface area (Å²) < 4.78 is 5.19. The van der Waals surface area contributed by atoms with Crippen molar-refractivity contribution in [2.24, 2.45) is 5.73 Å². The van der Waals surface area contributed by atoms with Crippen molar-refractivity contribution in [1.82, 2.24) is 0 Å². The molecular weight excluding hydrogens is 302 g/mol. The summed E-state index contributed by atoms with van der Waals surface area (Å²) >= 11 is 7.75. The molecule has 0 heterocycles. The third-order valence-corrected chi connectivity index (χ3v) is 5.05. The maximum Gasteiger partial charge on any atom is 0.118 e. The van der Waals surface area contributed by atoms with Crippen LogP contribution < -0.4 is 10.5 Å². The van der Waals surface area contributed by atoms with Crippen LogP contribution in [0.4, 0.5) is 0 Å². The molecule has 0 spiro atoms. The molecule has 0 amide bonds. The zero-order valence-corrected chi connectivity index (χ0v) is 13.8. The van der Waals surface area contributed by atoms with Gasteiger partial charge in [-0.15, -0.1) is 11.8 Å². The third kappa shape index (κ3) is 4.40. The van der Waals surface area contributed by atoms with E-state index in [4.69, 9.17) is 22.1 Å². The Morgan fingerprint density at radius 2 is 1.71 bits per heavy atom. The van der Waals surface area contributed by atoms with Crippen molar-refractivity contribution < 1.29 is 4.74 Å². The van der Waals surface area contributed by atoms with Crippen LogP contribution in [0, 0.1) is 0 Å². The first kappa shape index (κ1) is 16.2. The number of nitrogens with two attached hydrogens (primary N) is 1. The highest BCUT2D eigenvalue weighted by molar-refractivity contribution is 7.99. The van der Waals surface area contributed by atoms with E-state index < -0.39 is 0 Å². The Bertz CT molecular complexity index is 556. The number of hydrogen-bond acceptors (Lipinski definition) is 3. The minimum atomic E-state index is 0.0956. The SMILES string of the molecule is CCC(N)C(Sc1ccc(OC)cc1)c1ccc(Cl)cc1. The zero-order valence-electron chi connectivity index (χ0n) is 12.3. The second kappa shape index (κ2) is 7.74. The molecule has 2 nitrogen and oxygen atoms in total. The van der Waals surface area contributed by atoms with Crippen LogP contribution in [0.15, 0.2) is 53.4 Å². The molecule has 2 N–H and O–H groups in total. The Kier molecular flexibility index (Phi) is 5.97. The van der Waals surface area contributed by atoms with Crippen molar-refractivity contribution in [3.63, 3.8) is 0 Å². The number of benzene rings is 2. The fourth-order valence-corrected chi connectivity index (χ4v) is 3.44. The molecule has 0 saturated heterocycles. The molecule has 0 saturated carbocycles. The van der Waals surface area contributed by atoms with E-state index in [2.05, 4.69) is 31.2 Å². The maximum atomic E-state index is 6.31. The molecule has 2 atom stereocenters. The predicted octanol–water partition coefficient (Wildman–Crippen LogP) is 4.92. The van der Waals surface area contributed by atoms with Gasteiger partial charge in [0, 0.05) is 21.2 Å². The number of halogens is 1. The molecule has 2 unspecified atom stereocenters. The third-order valence-electron chi connectivity index (χ3n) is 3.38. The van der Waals surface area contributed by atoms with E-state index in [1.54, 1.807) is 18.9 Å². The van der Waals surface area contributed by atoms with E-state index in [9.17, 15) is 0 Å². The molecule has 0 aliphatic rings. The fraction of sp³-hybridized carbons (Fsp3) is 0.294. The summed E-state index contributed by atoms with van der Waals surface area (Å²) in [7, 11) is 1.67. The molecule has 21 heavy (non-hydrogen) atoms. The highest BCUT2D eigenvalue weighted by atomic mass is 35.5. The quantitative estimate of drug-likeness (QED) is 0.767. The highest BCUT2D eigenvalue weighted by Gasteiger charge is 2.20. The van der Waals surface area contributed by atoms with Gasteiger partial charge in [0.05, 0.1) is 7.11 Å². The summed E-state index contributed by atoms with van der Waals surface area (Å²) in [6.07, 6.45) is 0.927. The van der Waals surface area contributed by atoms with Gasteiger partial charge in [-0.05, 0) is 48.4 Å². The lowest BCUT2D eigenvalue weighted by Crippen LogP contribution is -2.25. The summed E-state index contributed by atoms with van der Waals surface area (Å²) in [4.78, 5) is 1.18. The summed E-state index contributed by atoms with van der Waals surface area (Å²) in [6, 6.07) is 16.1.